The maximum absolute atomic E-state index is 10.6. The quantitative estimate of drug-likeness (QED) is 0.406. The highest BCUT2D eigenvalue weighted by Crippen LogP contribution is 2.19. The van der Waals surface area contributed by atoms with Gasteiger partial charge in [0.2, 0.25) is 0 Å². The highest BCUT2D eigenvalue weighted by atomic mass is 16.6. The van der Waals surface area contributed by atoms with E-state index in [1.165, 1.54) is 18.2 Å². The first-order valence-electron chi connectivity index (χ1n) is 3.96. The molecular formula is C10H8N2O2. The van der Waals surface area contributed by atoms with E-state index in [2.05, 4.69) is 0 Å². The molecular weight excluding hydrogens is 180 g/mol. The van der Waals surface area contributed by atoms with Crippen LogP contribution < -0.4 is 0 Å². The summed E-state index contributed by atoms with van der Waals surface area (Å²) >= 11 is 0. The summed E-state index contributed by atoms with van der Waals surface area (Å²) in [5.41, 5.74) is 1.35. The maximum Gasteiger partial charge on any atom is 0.272 e. The van der Waals surface area contributed by atoms with Gasteiger partial charge in [0.25, 0.3) is 5.69 Å². The van der Waals surface area contributed by atoms with Gasteiger partial charge in [-0.1, -0.05) is 12.1 Å². The summed E-state index contributed by atoms with van der Waals surface area (Å²) < 4.78 is 0. The van der Waals surface area contributed by atoms with Gasteiger partial charge in [0.1, 0.15) is 0 Å². The number of hydrogen-bond donors (Lipinski definition) is 0. The van der Waals surface area contributed by atoms with Crippen LogP contribution >= 0.6 is 0 Å². The van der Waals surface area contributed by atoms with Crippen molar-refractivity contribution < 1.29 is 4.92 Å². The van der Waals surface area contributed by atoms with Crippen molar-refractivity contribution >= 4 is 11.8 Å². The van der Waals surface area contributed by atoms with Crippen molar-refractivity contribution in [1.29, 1.82) is 5.26 Å². The predicted molar refractivity (Wildman–Crippen MR) is 52.5 cm³/mol. The molecule has 0 N–H and O–H groups in total. The van der Waals surface area contributed by atoms with Crippen LogP contribution in [-0.4, -0.2) is 4.92 Å². The van der Waals surface area contributed by atoms with Crippen LogP contribution in [-0.2, 0) is 0 Å². The number of allylic oxidation sites excluding steroid dienone is 1. The molecule has 0 heterocycles. The van der Waals surface area contributed by atoms with Gasteiger partial charge in [-0.25, -0.2) is 0 Å². The summed E-state index contributed by atoms with van der Waals surface area (Å²) in [5.74, 6) is 0. The summed E-state index contributed by atoms with van der Waals surface area (Å²) in [7, 11) is 0. The molecule has 0 spiro atoms. The number of hydrogen-bond acceptors (Lipinski definition) is 3. The zero-order valence-corrected chi connectivity index (χ0v) is 7.60. The second kappa shape index (κ2) is 4.19. The van der Waals surface area contributed by atoms with Crippen LogP contribution in [0, 0.1) is 28.4 Å². The largest absolute Gasteiger partial charge is 0.272 e. The lowest BCUT2D eigenvalue weighted by atomic mass is 10.1. The van der Waals surface area contributed by atoms with Gasteiger partial charge in [-0.3, -0.25) is 10.1 Å². The van der Waals surface area contributed by atoms with Crippen molar-refractivity contribution in [3.63, 3.8) is 0 Å². The molecule has 0 atom stereocenters. The Morgan fingerprint density at radius 1 is 1.57 bits per heavy atom. The Labute approximate surface area is 81.2 Å². The van der Waals surface area contributed by atoms with Gasteiger partial charge in [0, 0.05) is 17.7 Å². The molecule has 0 aliphatic rings. The van der Waals surface area contributed by atoms with Crippen molar-refractivity contribution in [2.75, 3.05) is 0 Å². The molecule has 0 saturated carbocycles. The molecule has 0 fully saturated rings. The van der Waals surface area contributed by atoms with Gasteiger partial charge in [0.15, 0.2) is 0 Å². The van der Waals surface area contributed by atoms with Crippen molar-refractivity contribution in [3.8, 4) is 6.07 Å². The molecule has 0 saturated heterocycles. The van der Waals surface area contributed by atoms with Crippen LogP contribution in [0.25, 0.3) is 6.08 Å². The molecule has 0 unspecified atom stereocenters. The van der Waals surface area contributed by atoms with Crippen molar-refractivity contribution in [3.05, 3.63) is 45.5 Å². The maximum atomic E-state index is 10.6. The SMILES string of the molecule is Cc1ccc(C=CC#N)cc1[N+](=O)[O-]. The Kier molecular flexibility index (Phi) is 2.97. The van der Waals surface area contributed by atoms with Crippen LogP contribution in [0.2, 0.25) is 0 Å². The highest BCUT2D eigenvalue weighted by molar-refractivity contribution is 5.57. The van der Waals surface area contributed by atoms with E-state index < -0.39 is 4.92 Å². The van der Waals surface area contributed by atoms with Crippen LogP contribution in [0.1, 0.15) is 11.1 Å². The lowest BCUT2D eigenvalue weighted by Crippen LogP contribution is -1.91. The summed E-state index contributed by atoms with van der Waals surface area (Å²) in [5, 5.41) is 18.9. The average molecular weight is 188 g/mol. The van der Waals surface area contributed by atoms with E-state index in [4.69, 9.17) is 5.26 Å². The lowest BCUT2D eigenvalue weighted by molar-refractivity contribution is -0.385. The van der Waals surface area contributed by atoms with Crippen molar-refractivity contribution in [2.45, 2.75) is 6.92 Å². The second-order valence-electron chi connectivity index (χ2n) is 2.77. The van der Waals surface area contributed by atoms with Gasteiger partial charge in [-0.2, -0.15) is 5.26 Å². The van der Waals surface area contributed by atoms with E-state index >= 15 is 0 Å². The smallest absolute Gasteiger partial charge is 0.258 e. The zero-order valence-electron chi connectivity index (χ0n) is 7.60. The normalized spacial score (nSPS) is 10.0. The van der Waals surface area contributed by atoms with Gasteiger partial charge in [0.05, 0.1) is 11.0 Å². The zero-order chi connectivity index (χ0) is 10.6. The fourth-order valence-electron chi connectivity index (χ4n) is 1.06. The second-order valence-corrected chi connectivity index (χ2v) is 2.77. The third kappa shape index (κ3) is 2.17. The molecule has 1 rings (SSSR count). The van der Waals surface area contributed by atoms with E-state index in [0.29, 0.717) is 11.1 Å². The number of rotatable bonds is 2. The number of nitro benzene ring substituents is 1. The molecule has 0 aliphatic carbocycles. The molecule has 0 bridgehead atoms. The Bertz CT molecular complexity index is 430. The fraction of sp³-hybridized carbons (Fsp3) is 0.100. The minimum absolute atomic E-state index is 0.0742. The van der Waals surface area contributed by atoms with Gasteiger partial charge in [-0.15, -0.1) is 0 Å². The molecule has 70 valence electrons. The van der Waals surface area contributed by atoms with E-state index in [9.17, 15) is 10.1 Å². The first kappa shape index (κ1) is 9.93. The van der Waals surface area contributed by atoms with E-state index in [-0.39, 0.29) is 5.69 Å². The lowest BCUT2D eigenvalue weighted by Gasteiger charge is -1.97. The number of nitro groups is 1. The molecule has 4 heteroatoms. The number of nitriles is 1. The Morgan fingerprint density at radius 2 is 2.29 bits per heavy atom. The molecule has 0 aliphatic heterocycles. The molecule has 1 aromatic carbocycles. The van der Waals surface area contributed by atoms with Gasteiger partial charge in [-0.05, 0) is 18.6 Å². The van der Waals surface area contributed by atoms with Crippen LogP contribution in [0.15, 0.2) is 24.3 Å². The minimum Gasteiger partial charge on any atom is -0.258 e. The number of nitrogens with zero attached hydrogens (tertiary/aromatic N) is 2. The standard InChI is InChI=1S/C10H8N2O2/c1-8-4-5-9(3-2-6-11)7-10(8)12(13)14/h2-5,7H,1H3. The molecule has 4 nitrogen and oxygen atoms in total. The molecule has 14 heavy (non-hydrogen) atoms. The van der Waals surface area contributed by atoms with Crippen LogP contribution in [0.5, 0.6) is 0 Å². The molecule has 0 aromatic heterocycles. The Balaban J connectivity index is 3.14. The summed E-state index contributed by atoms with van der Waals surface area (Å²) in [6.07, 6.45) is 2.82. The third-order valence-corrected chi connectivity index (χ3v) is 1.78. The van der Waals surface area contributed by atoms with E-state index in [1.54, 1.807) is 19.1 Å². The van der Waals surface area contributed by atoms with E-state index in [0.717, 1.165) is 0 Å². The first-order valence-corrected chi connectivity index (χ1v) is 3.96. The number of aryl methyl sites for hydroxylation is 1. The average Bonchev–Trinajstić information content (AvgIpc) is 2.16. The van der Waals surface area contributed by atoms with Crippen LogP contribution in [0.3, 0.4) is 0 Å². The molecule has 0 amide bonds. The van der Waals surface area contributed by atoms with Crippen LogP contribution in [0.4, 0.5) is 5.69 Å². The van der Waals surface area contributed by atoms with Crippen molar-refractivity contribution in [2.24, 2.45) is 0 Å². The van der Waals surface area contributed by atoms with Gasteiger partial charge >= 0.3 is 0 Å². The van der Waals surface area contributed by atoms with Gasteiger partial charge < -0.3 is 0 Å². The summed E-state index contributed by atoms with van der Waals surface area (Å²) in [6, 6.07) is 6.67. The fourth-order valence-corrected chi connectivity index (χ4v) is 1.06. The van der Waals surface area contributed by atoms with E-state index in [1.807, 2.05) is 6.07 Å². The number of benzene rings is 1. The summed E-state index contributed by atoms with van der Waals surface area (Å²) in [6.45, 7) is 1.68. The highest BCUT2D eigenvalue weighted by Gasteiger charge is 2.09. The molecule has 0 radical (unpaired) electrons. The first-order chi connectivity index (χ1) is 6.65. The predicted octanol–water partition coefficient (Wildman–Crippen LogP) is 2.44. The van der Waals surface area contributed by atoms with Crippen molar-refractivity contribution in [1.82, 2.24) is 0 Å². The Hall–Kier alpha value is -2.15. The summed E-state index contributed by atoms with van der Waals surface area (Å²) in [4.78, 5) is 10.1. The monoisotopic (exact) mass is 188 g/mol. The molecule has 1 aromatic rings. The Morgan fingerprint density at radius 3 is 2.86 bits per heavy atom. The minimum atomic E-state index is -0.432. The topological polar surface area (TPSA) is 66.9 Å². The third-order valence-electron chi connectivity index (χ3n) is 1.78.